The summed E-state index contributed by atoms with van der Waals surface area (Å²) in [5, 5.41) is 9.65. The first-order chi connectivity index (χ1) is 10.8. The molecule has 1 aromatic heterocycles. The molecule has 0 bridgehead atoms. The molecular formula is C18H21F3N2U. The maximum absolute atomic E-state index is 11.0. The molecule has 2 rings (SSSR count). The average Bonchev–Trinajstić information content (AvgIpc) is 3.28. The summed E-state index contributed by atoms with van der Waals surface area (Å²) < 4.78 is 33.0. The Labute approximate surface area is 165 Å². The second kappa shape index (κ2) is 11.0. The molecule has 0 saturated heterocycles. The molecule has 2 nitrogen and oxygen atoms in total. The van der Waals surface area contributed by atoms with Crippen LogP contribution in [0.3, 0.4) is 0 Å². The van der Waals surface area contributed by atoms with E-state index in [4.69, 9.17) is 0 Å². The molecule has 128 valence electrons. The maximum Gasteiger partial charge on any atom is 2.00 e. The molecule has 24 heavy (non-hydrogen) atoms. The van der Waals surface area contributed by atoms with Gasteiger partial charge in [-0.05, 0) is 31.4 Å². The van der Waals surface area contributed by atoms with Gasteiger partial charge in [0.05, 0.1) is 0 Å². The van der Waals surface area contributed by atoms with Gasteiger partial charge in [0.1, 0.15) is 0 Å². The molecule has 0 unspecified atom stereocenters. The molecule has 1 aliphatic carbocycles. The van der Waals surface area contributed by atoms with Crippen molar-refractivity contribution < 1.29 is 44.3 Å². The van der Waals surface area contributed by atoms with Crippen LogP contribution < -0.4 is 0 Å². The number of alkyl halides is 3. The SMILES string of the molecule is CCC(=[N-])c1ncc(C#CC2CC2)cc1C.CC[CH-]C(F)(F)F.[U+2]. The summed E-state index contributed by atoms with van der Waals surface area (Å²) in [6.45, 7) is 5.32. The van der Waals surface area contributed by atoms with E-state index in [2.05, 4.69) is 16.8 Å². The van der Waals surface area contributed by atoms with Gasteiger partial charge in [-0.2, -0.15) is 12.1 Å². The van der Waals surface area contributed by atoms with E-state index >= 15 is 0 Å². The molecule has 0 N–H and O–H groups in total. The number of halogens is 3. The Kier molecular flexibility index (Phi) is 10.6. The molecule has 0 radical (unpaired) electrons. The molecule has 1 aromatic rings. The van der Waals surface area contributed by atoms with Crippen molar-refractivity contribution in [3.8, 4) is 11.8 Å². The summed E-state index contributed by atoms with van der Waals surface area (Å²) >= 11 is 0. The van der Waals surface area contributed by atoms with Crippen molar-refractivity contribution >= 4 is 5.71 Å². The van der Waals surface area contributed by atoms with Gasteiger partial charge in [-0.3, -0.25) is 4.98 Å². The fourth-order valence-electron chi connectivity index (χ4n) is 1.76. The summed E-state index contributed by atoms with van der Waals surface area (Å²) in [6, 6.07) is 1.99. The van der Waals surface area contributed by atoms with Crippen molar-refractivity contribution in [1.29, 1.82) is 0 Å². The number of nitrogens with zero attached hydrogens (tertiary/aromatic N) is 2. The van der Waals surface area contributed by atoms with Crippen molar-refractivity contribution in [2.24, 2.45) is 5.92 Å². The zero-order chi connectivity index (χ0) is 17.5. The van der Waals surface area contributed by atoms with Crippen LogP contribution in [-0.2, 0) is 0 Å². The standard InChI is InChI=1S/C14H15N2.C4H6F3.U/c1-3-13(15)14-10(2)8-12(9-16-14)7-6-11-4-5-11;1-2-3-4(5,6)7;/h8-9,11H,3-5H2,1-2H3;3H,2H2,1H3;/q2*-1;+2. The summed E-state index contributed by atoms with van der Waals surface area (Å²) in [7, 11) is 0. The Morgan fingerprint density at radius 2 is 2.00 bits per heavy atom. The molecule has 0 atom stereocenters. The van der Waals surface area contributed by atoms with Crippen LogP contribution in [0.1, 0.15) is 56.4 Å². The average molecular weight is 560 g/mol. The van der Waals surface area contributed by atoms with Crippen molar-refractivity contribution in [3.63, 3.8) is 0 Å². The number of hydrogen-bond acceptors (Lipinski definition) is 1. The van der Waals surface area contributed by atoms with Crippen LogP contribution in [0.25, 0.3) is 5.41 Å². The minimum Gasteiger partial charge on any atom is -0.806 e. The molecule has 0 aromatic carbocycles. The molecular weight excluding hydrogens is 539 g/mol. The van der Waals surface area contributed by atoms with Crippen molar-refractivity contribution in [3.05, 3.63) is 40.9 Å². The number of pyridine rings is 1. The molecule has 1 fully saturated rings. The molecule has 6 heteroatoms. The third-order valence-electron chi connectivity index (χ3n) is 3.12. The summed E-state index contributed by atoms with van der Waals surface area (Å²) in [6.07, 6.45) is 1.12. The predicted molar refractivity (Wildman–Crippen MR) is 87.0 cm³/mol. The van der Waals surface area contributed by atoms with Gasteiger partial charge < -0.3 is 5.41 Å². The molecule has 1 aliphatic rings. The second-order valence-corrected chi connectivity index (χ2v) is 5.39. The van der Waals surface area contributed by atoms with E-state index in [1.807, 2.05) is 19.9 Å². The smallest absolute Gasteiger partial charge is 0.806 e. The van der Waals surface area contributed by atoms with Crippen LogP contribution in [0.15, 0.2) is 12.3 Å². The van der Waals surface area contributed by atoms with Crippen molar-refractivity contribution in [1.82, 2.24) is 4.98 Å². The Morgan fingerprint density at radius 3 is 2.38 bits per heavy atom. The van der Waals surface area contributed by atoms with Crippen LogP contribution in [0, 0.1) is 62.2 Å². The van der Waals surface area contributed by atoms with E-state index in [9.17, 15) is 18.6 Å². The molecule has 0 aliphatic heterocycles. The Morgan fingerprint density at radius 1 is 1.38 bits per heavy atom. The normalized spacial score (nSPS) is 12.9. The fourth-order valence-corrected chi connectivity index (χ4v) is 1.76. The Hall–Kier alpha value is -0.778. The topological polar surface area (TPSA) is 35.2 Å². The minimum atomic E-state index is -4.07. The van der Waals surface area contributed by atoms with Gasteiger partial charge in [0.15, 0.2) is 0 Å². The predicted octanol–water partition coefficient (Wildman–Crippen LogP) is 5.08. The first-order valence-corrected chi connectivity index (χ1v) is 7.71. The Bertz CT molecular complexity index is 597. The van der Waals surface area contributed by atoms with Gasteiger partial charge in [-0.15, -0.1) is 0 Å². The van der Waals surface area contributed by atoms with E-state index < -0.39 is 6.18 Å². The third-order valence-corrected chi connectivity index (χ3v) is 3.12. The van der Waals surface area contributed by atoms with Crippen LogP contribution >= 0.6 is 0 Å². The van der Waals surface area contributed by atoms with Gasteiger partial charge in [-0.25, -0.2) is 19.6 Å². The van der Waals surface area contributed by atoms with Crippen LogP contribution in [0.2, 0.25) is 0 Å². The fraction of sp³-hybridized carbons (Fsp3) is 0.500. The van der Waals surface area contributed by atoms with Gasteiger partial charge >= 0.3 is 31.1 Å². The van der Waals surface area contributed by atoms with Crippen molar-refractivity contribution in [2.45, 2.75) is 52.6 Å². The number of rotatable bonds is 3. The summed E-state index contributed by atoms with van der Waals surface area (Å²) in [5.74, 6) is 6.94. The van der Waals surface area contributed by atoms with Gasteiger partial charge in [0, 0.05) is 23.4 Å². The van der Waals surface area contributed by atoms with Crippen LogP contribution in [0.5, 0.6) is 0 Å². The quantitative estimate of drug-likeness (QED) is 0.289. The van der Waals surface area contributed by atoms with E-state index in [1.165, 1.54) is 19.8 Å². The second-order valence-electron chi connectivity index (χ2n) is 5.39. The van der Waals surface area contributed by atoms with Crippen LogP contribution in [0.4, 0.5) is 13.2 Å². The van der Waals surface area contributed by atoms with E-state index in [1.54, 1.807) is 6.20 Å². The van der Waals surface area contributed by atoms with E-state index in [0.717, 1.165) is 11.1 Å². The molecule has 0 spiro atoms. The number of aromatic nitrogens is 1. The maximum atomic E-state index is 11.0. The first-order valence-electron chi connectivity index (χ1n) is 7.71. The monoisotopic (exact) mass is 560 g/mol. The first kappa shape index (κ1) is 23.2. The molecule has 1 saturated carbocycles. The van der Waals surface area contributed by atoms with E-state index in [-0.39, 0.29) is 37.5 Å². The van der Waals surface area contributed by atoms with E-state index in [0.29, 0.717) is 30.2 Å². The molecule has 1 heterocycles. The zero-order valence-electron chi connectivity index (χ0n) is 14.2. The molecule has 0 amide bonds. The summed E-state index contributed by atoms with van der Waals surface area (Å²) in [5.41, 5.74) is 2.97. The van der Waals surface area contributed by atoms with Gasteiger partial charge in [0.2, 0.25) is 0 Å². The summed E-state index contributed by atoms with van der Waals surface area (Å²) in [4.78, 5) is 4.26. The Balaban J connectivity index is 0.000000570. The minimum absolute atomic E-state index is 0. The third kappa shape index (κ3) is 9.50. The van der Waals surface area contributed by atoms with Gasteiger partial charge in [0.25, 0.3) is 6.18 Å². The number of aryl methyl sites for hydroxylation is 1. The zero-order valence-corrected chi connectivity index (χ0v) is 18.3. The van der Waals surface area contributed by atoms with Crippen LogP contribution in [-0.4, -0.2) is 16.9 Å². The van der Waals surface area contributed by atoms with Crippen molar-refractivity contribution in [2.75, 3.05) is 0 Å². The number of hydrogen-bond donors (Lipinski definition) is 0. The van der Waals surface area contributed by atoms with Gasteiger partial charge in [-0.1, -0.05) is 32.1 Å². The largest absolute Gasteiger partial charge is 2.00 e.